The Morgan fingerprint density at radius 3 is 2.00 bits per heavy atom. The third-order valence-corrected chi connectivity index (χ3v) is 6.92. The van der Waals surface area contributed by atoms with Crippen LogP contribution in [0.1, 0.15) is 101 Å². The lowest BCUT2D eigenvalue weighted by Crippen LogP contribution is -2.65. The molecule has 1 saturated heterocycles. The number of carbonyl (C=O) groups excluding carboxylic acids is 2. The van der Waals surface area contributed by atoms with E-state index in [4.69, 9.17) is 14.2 Å². The molecule has 1 heterocycles. The third-order valence-electron chi connectivity index (χ3n) is 6.92. The molecule has 4 unspecified atom stereocenters. The third kappa shape index (κ3) is 6.75. The molecular weight excluding hydrogens is 394 g/mol. The Morgan fingerprint density at radius 1 is 1.06 bits per heavy atom. The van der Waals surface area contributed by atoms with Gasteiger partial charge in [0.15, 0.2) is 12.0 Å². The zero-order valence-electron chi connectivity index (χ0n) is 21.8. The summed E-state index contributed by atoms with van der Waals surface area (Å²) in [6.07, 6.45) is 4.33. The van der Waals surface area contributed by atoms with Crippen LogP contribution in [0.25, 0.3) is 0 Å². The number of rotatable bonds is 11. The molecule has 4 atom stereocenters. The van der Waals surface area contributed by atoms with Crippen molar-refractivity contribution in [2.75, 3.05) is 7.11 Å². The SMILES string of the molecule is CCCC(C)OC1CC(C)(C)N(C(C)OC(=O)C(C)C(=O)C(C)(CC)OC)C(C)(C)C1. The van der Waals surface area contributed by atoms with Gasteiger partial charge in [0.1, 0.15) is 11.5 Å². The van der Waals surface area contributed by atoms with Gasteiger partial charge in [-0.1, -0.05) is 20.3 Å². The molecule has 6 heteroatoms. The molecule has 0 aromatic carbocycles. The standard InChI is InChI=1S/C25H47NO5/c1-12-14-17(3)30-20-15-23(6,7)26(24(8,9)16-20)19(5)31-22(28)18(4)21(27)25(10,13-2)29-11/h17-20H,12-16H2,1-11H3. The molecule has 0 spiro atoms. The van der Waals surface area contributed by atoms with Crippen molar-refractivity contribution in [3.8, 4) is 0 Å². The quantitative estimate of drug-likeness (QED) is 0.327. The molecule has 0 aliphatic carbocycles. The maximum absolute atomic E-state index is 12.9. The molecule has 0 N–H and O–H groups in total. The van der Waals surface area contributed by atoms with Crippen LogP contribution in [0, 0.1) is 5.92 Å². The van der Waals surface area contributed by atoms with Crippen molar-refractivity contribution >= 4 is 11.8 Å². The first-order chi connectivity index (χ1) is 14.1. The molecule has 6 nitrogen and oxygen atoms in total. The summed E-state index contributed by atoms with van der Waals surface area (Å²) >= 11 is 0. The predicted molar refractivity (Wildman–Crippen MR) is 124 cm³/mol. The van der Waals surface area contributed by atoms with Crippen molar-refractivity contribution in [2.45, 2.75) is 136 Å². The average Bonchev–Trinajstić information content (AvgIpc) is 2.63. The summed E-state index contributed by atoms with van der Waals surface area (Å²) in [6, 6.07) is 0. The highest BCUT2D eigenvalue weighted by Crippen LogP contribution is 2.42. The highest BCUT2D eigenvalue weighted by atomic mass is 16.6. The second-order valence-corrected chi connectivity index (χ2v) is 10.7. The molecule has 1 aliphatic heterocycles. The van der Waals surface area contributed by atoms with Gasteiger partial charge in [0.2, 0.25) is 0 Å². The van der Waals surface area contributed by atoms with Crippen molar-refractivity contribution < 1.29 is 23.8 Å². The molecule has 0 aromatic heterocycles. The summed E-state index contributed by atoms with van der Waals surface area (Å²) in [6.45, 7) is 20.1. The van der Waals surface area contributed by atoms with Gasteiger partial charge in [-0.05, 0) is 81.1 Å². The molecule has 1 rings (SSSR count). The van der Waals surface area contributed by atoms with E-state index in [1.54, 1.807) is 13.8 Å². The lowest BCUT2D eigenvalue weighted by Gasteiger charge is -2.57. The van der Waals surface area contributed by atoms with Crippen molar-refractivity contribution in [1.82, 2.24) is 4.90 Å². The molecule has 1 fully saturated rings. The number of carbonyl (C=O) groups is 2. The summed E-state index contributed by atoms with van der Waals surface area (Å²) in [4.78, 5) is 28.0. The van der Waals surface area contributed by atoms with Gasteiger partial charge in [-0.2, -0.15) is 0 Å². The fourth-order valence-corrected chi connectivity index (χ4v) is 5.39. The number of piperidine rings is 1. The van der Waals surface area contributed by atoms with Gasteiger partial charge in [-0.25, -0.2) is 0 Å². The van der Waals surface area contributed by atoms with Crippen LogP contribution in [0.5, 0.6) is 0 Å². The van der Waals surface area contributed by atoms with Crippen molar-refractivity contribution in [2.24, 2.45) is 5.92 Å². The Kier molecular flexibility index (Phi) is 9.74. The molecule has 0 amide bonds. The summed E-state index contributed by atoms with van der Waals surface area (Å²) in [7, 11) is 1.50. The van der Waals surface area contributed by atoms with Crippen LogP contribution in [0.3, 0.4) is 0 Å². The van der Waals surface area contributed by atoms with Crippen LogP contribution >= 0.6 is 0 Å². The first-order valence-corrected chi connectivity index (χ1v) is 11.9. The summed E-state index contributed by atoms with van der Waals surface area (Å²) in [5, 5.41) is 0. The molecule has 182 valence electrons. The Labute approximate surface area is 190 Å². The van der Waals surface area contributed by atoms with Crippen LogP contribution in [-0.2, 0) is 23.8 Å². The van der Waals surface area contributed by atoms with E-state index in [0.717, 1.165) is 25.7 Å². The van der Waals surface area contributed by atoms with Gasteiger partial charge >= 0.3 is 5.97 Å². The molecule has 0 bridgehead atoms. The lowest BCUT2D eigenvalue weighted by molar-refractivity contribution is -0.199. The first kappa shape index (κ1) is 28.1. The largest absolute Gasteiger partial charge is 0.446 e. The number of likely N-dealkylation sites (tertiary alicyclic amines) is 1. The van der Waals surface area contributed by atoms with Gasteiger partial charge in [0.25, 0.3) is 0 Å². The number of Topliss-reactive ketones (excluding diaryl/α,β-unsaturated/α-hetero) is 1. The summed E-state index contributed by atoms with van der Waals surface area (Å²) in [5.41, 5.74) is -1.43. The Bertz CT molecular complexity index is 593. The highest BCUT2D eigenvalue weighted by Gasteiger charge is 2.49. The van der Waals surface area contributed by atoms with Gasteiger partial charge < -0.3 is 14.2 Å². The minimum absolute atomic E-state index is 0.165. The molecule has 0 radical (unpaired) electrons. The lowest BCUT2D eigenvalue weighted by atomic mass is 9.77. The van der Waals surface area contributed by atoms with E-state index in [9.17, 15) is 9.59 Å². The topological polar surface area (TPSA) is 65.1 Å². The summed E-state index contributed by atoms with van der Waals surface area (Å²) in [5.74, 6) is -1.63. The van der Waals surface area contributed by atoms with E-state index in [1.165, 1.54) is 7.11 Å². The van der Waals surface area contributed by atoms with E-state index in [2.05, 4.69) is 46.4 Å². The predicted octanol–water partition coefficient (Wildman–Crippen LogP) is 5.12. The van der Waals surface area contributed by atoms with E-state index in [0.29, 0.717) is 6.42 Å². The first-order valence-electron chi connectivity index (χ1n) is 11.9. The Hall–Kier alpha value is -0.980. The van der Waals surface area contributed by atoms with E-state index in [1.807, 2.05) is 13.8 Å². The second kappa shape index (κ2) is 10.8. The number of esters is 1. The Balaban J connectivity index is 2.93. The minimum atomic E-state index is -0.981. The number of hydrogen-bond donors (Lipinski definition) is 0. The zero-order chi connectivity index (χ0) is 24.2. The maximum atomic E-state index is 12.9. The number of hydrogen-bond acceptors (Lipinski definition) is 6. The monoisotopic (exact) mass is 441 g/mol. The normalized spacial score (nSPS) is 24.1. The smallest absolute Gasteiger partial charge is 0.317 e. The zero-order valence-corrected chi connectivity index (χ0v) is 21.8. The molecule has 1 aliphatic rings. The fraction of sp³-hybridized carbons (Fsp3) is 0.920. The van der Waals surface area contributed by atoms with Crippen LogP contribution < -0.4 is 0 Å². The second-order valence-electron chi connectivity index (χ2n) is 10.7. The van der Waals surface area contributed by atoms with Crippen LogP contribution in [-0.4, -0.2) is 58.9 Å². The van der Waals surface area contributed by atoms with Crippen molar-refractivity contribution in [1.29, 1.82) is 0 Å². The number of methoxy groups -OCH3 is 1. The van der Waals surface area contributed by atoms with Gasteiger partial charge in [-0.15, -0.1) is 0 Å². The molecular formula is C25H47NO5. The van der Waals surface area contributed by atoms with E-state index < -0.39 is 23.7 Å². The van der Waals surface area contributed by atoms with Crippen LogP contribution in [0.15, 0.2) is 0 Å². The van der Waals surface area contributed by atoms with Crippen LogP contribution in [0.2, 0.25) is 0 Å². The highest BCUT2D eigenvalue weighted by molar-refractivity contribution is 6.02. The van der Waals surface area contributed by atoms with Gasteiger partial charge in [0, 0.05) is 18.2 Å². The summed E-state index contributed by atoms with van der Waals surface area (Å²) < 4.78 is 17.6. The van der Waals surface area contributed by atoms with E-state index >= 15 is 0 Å². The van der Waals surface area contributed by atoms with Gasteiger partial charge in [-0.3, -0.25) is 14.5 Å². The number of ketones is 1. The minimum Gasteiger partial charge on any atom is -0.446 e. The molecule has 31 heavy (non-hydrogen) atoms. The molecule has 0 saturated carbocycles. The van der Waals surface area contributed by atoms with Crippen LogP contribution in [0.4, 0.5) is 0 Å². The van der Waals surface area contributed by atoms with Crippen molar-refractivity contribution in [3.05, 3.63) is 0 Å². The molecule has 0 aromatic rings. The Morgan fingerprint density at radius 2 is 1.58 bits per heavy atom. The van der Waals surface area contributed by atoms with Gasteiger partial charge in [0.05, 0.1) is 12.2 Å². The number of ether oxygens (including phenoxy) is 3. The number of nitrogens with zero attached hydrogens (tertiary/aromatic N) is 1. The average molecular weight is 442 g/mol. The fourth-order valence-electron chi connectivity index (χ4n) is 5.39. The van der Waals surface area contributed by atoms with Crippen molar-refractivity contribution in [3.63, 3.8) is 0 Å². The van der Waals surface area contributed by atoms with E-state index in [-0.39, 0.29) is 29.1 Å². The maximum Gasteiger partial charge on any atom is 0.317 e.